The molecule has 4 aromatic rings. The number of hydrogen-bond donors (Lipinski definition) is 1. The van der Waals surface area contributed by atoms with E-state index in [2.05, 4.69) is 9.97 Å². The lowest BCUT2D eigenvalue weighted by Gasteiger charge is -2.33. The Morgan fingerprint density at radius 3 is 2.83 bits per heavy atom. The Kier molecular flexibility index (Phi) is 4.14. The van der Waals surface area contributed by atoms with Crippen molar-refractivity contribution < 1.29 is 18.3 Å². The van der Waals surface area contributed by atoms with Gasteiger partial charge in [-0.05, 0) is 29.7 Å². The number of nitrogens with one attached hydrogen (secondary N) is 1. The largest absolute Gasteiger partial charge is 0.373 e. The molecule has 0 radical (unpaired) electrons. The number of rotatable bonds is 2. The zero-order valence-corrected chi connectivity index (χ0v) is 15.9. The molecule has 3 aromatic heterocycles. The summed E-state index contributed by atoms with van der Waals surface area (Å²) in [5, 5.41) is 0.297. The van der Waals surface area contributed by atoms with E-state index in [-0.39, 0.29) is 29.9 Å². The summed E-state index contributed by atoms with van der Waals surface area (Å²) in [6.07, 6.45) is 5.04. The molecule has 1 amide bonds. The number of nitrogens with zero attached hydrogens (tertiary/aromatic N) is 3. The number of amides is 1. The van der Waals surface area contributed by atoms with Crippen LogP contribution < -0.4 is 5.56 Å². The van der Waals surface area contributed by atoms with Gasteiger partial charge in [-0.3, -0.25) is 9.59 Å². The van der Waals surface area contributed by atoms with Gasteiger partial charge in [0.25, 0.3) is 11.5 Å². The van der Waals surface area contributed by atoms with Crippen molar-refractivity contribution in [2.75, 3.05) is 13.7 Å². The highest BCUT2D eigenvalue weighted by Gasteiger charge is 2.31. The first-order valence-corrected chi connectivity index (χ1v) is 9.25. The molecule has 0 unspecified atom stereocenters. The van der Waals surface area contributed by atoms with Crippen molar-refractivity contribution in [2.24, 2.45) is 0 Å². The first kappa shape index (κ1) is 18.4. The van der Waals surface area contributed by atoms with Crippen molar-refractivity contribution in [1.82, 2.24) is 19.3 Å². The SMILES string of the molecule is CN(C(=O)c1ccc2nccn2c1)[C@H]1COCc2[nH]c(=O)c3cc(F)c(F)cc3c21. The van der Waals surface area contributed by atoms with Gasteiger partial charge in [0.05, 0.1) is 30.2 Å². The molecule has 1 aromatic carbocycles. The molecule has 5 rings (SSSR count). The number of carbonyl (C=O) groups is 1. The minimum Gasteiger partial charge on any atom is -0.373 e. The molecule has 4 heterocycles. The van der Waals surface area contributed by atoms with Crippen LogP contribution in [0.5, 0.6) is 0 Å². The van der Waals surface area contributed by atoms with E-state index in [1.807, 2.05) is 0 Å². The van der Waals surface area contributed by atoms with Crippen LogP contribution in [0.4, 0.5) is 8.78 Å². The topological polar surface area (TPSA) is 79.7 Å². The molecule has 152 valence electrons. The van der Waals surface area contributed by atoms with Gasteiger partial charge in [0, 0.05) is 36.9 Å². The highest BCUT2D eigenvalue weighted by atomic mass is 19.2. The third-order valence-corrected chi connectivity index (χ3v) is 5.46. The first-order valence-electron chi connectivity index (χ1n) is 9.25. The van der Waals surface area contributed by atoms with Crippen LogP contribution >= 0.6 is 0 Å². The number of imidazole rings is 1. The Hall–Kier alpha value is -3.59. The number of aromatic nitrogens is 3. The lowest BCUT2D eigenvalue weighted by molar-refractivity contribution is 0.0335. The number of H-pyrrole nitrogens is 1. The van der Waals surface area contributed by atoms with E-state index < -0.39 is 23.2 Å². The van der Waals surface area contributed by atoms with Crippen LogP contribution in [0.3, 0.4) is 0 Å². The van der Waals surface area contributed by atoms with Gasteiger partial charge >= 0.3 is 0 Å². The first-order chi connectivity index (χ1) is 14.4. The Labute approximate surface area is 168 Å². The highest BCUT2D eigenvalue weighted by molar-refractivity contribution is 5.95. The minimum atomic E-state index is -1.10. The smallest absolute Gasteiger partial charge is 0.256 e. The average molecular weight is 410 g/mol. The number of fused-ring (bicyclic) bond motifs is 4. The fraction of sp³-hybridized carbons (Fsp3) is 0.190. The summed E-state index contributed by atoms with van der Waals surface area (Å²) in [5.41, 5.74) is 1.60. The van der Waals surface area contributed by atoms with Gasteiger partial charge in [-0.25, -0.2) is 13.8 Å². The summed E-state index contributed by atoms with van der Waals surface area (Å²) >= 11 is 0. The molecule has 0 saturated heterocycles. The van der Waals surface area contributed by atoms with Crippen LogP contribution in [-0.4, -0.2) is 38.8 Å². The Morgan fingerprint density at radius 2 is 2.03 bits per heavy atom. The fourth-order valence-electron chi connectivity index (χ4n) is 3.94. The molecule has 30 heavy (non-hydrogen) atoms. The van der Waals surface area contributed by atoms with Gasteiger partial charge in [0.15, 0.2) is 11.6 Å². The van der Waals surface area contributed by atoms with Gasteiger partial charge in [-0.2, -0.15) is 0 Å². The maximum atomic E-state index is 14.0. The van der Waals surface area contributed by atoms with Crippen LogP contribution in [0.15, 0.2) is 47.7 Å². The second-order valence-corrected chi connectivity index (χ2v) is 7.22. The van der Waals surface area contributed by atoms with Gasteiger partial charge < -0.3 is 19.0 Å². The predicted octanol–water partition coefficient (Wildman–Crippen LogP) is 2.80. The van der Waals surface area contributed by atoms with E-state index in [9.17, 15) is 18.4 Å². The van der Waals surface area contributed by atoms with Crippen molar-refractivity contribution in [3.8, 4) is 0 Å². The van der Waals surface area contributed by atoms with Crippen LogP contribution in [0.25, 0.3) is 16.4 Å². The fourth-order valence-corrected chi connectivity index (χ4v) is 3.94. The number of ether oxygens (including phenoxy) is 1. The molecule has 1 aliphatic heterocycles. The molecule has 9 heteroatoms. The average Bonchev–Trinajstić information content (AvgIpc) is 3.21. The predicted molar refractivity (Wildman–Crippen MR) is 104 cm³/mol. The Balaban J connectivity index is 1.62. The van der Waals surface area contributed by atoms with E-state index in [0.29, 0.717) is 22.5 Å². The lowest BCUT2D eigenvalue weighted by Crippen LogP contribution is -2.37. The molecule has 0 bridgehead atoms. The van der Waals surface area contributed by atoms with Crippen molar-refractivity contribution >= 4 is 22.3 Å². The number of aromatic amines is 1. The minimum absolute atomic E-state index is 0.0280. The van der Waals surface area contributed by atoms with E-state index in [0.717, 1.165) is 12.1 Å². The quantitative estimate of drug-likeness (QED) is 0.551. The molecule has 0 saturated carbocycles. The van der Waals surface area contributed by atoms with E-state index in [1.54, 1.807) is 42.2 Å². The van der Waals surface area contributed by atoms with E-state index >= 15 is 0 Å². The second kappa shape index (κ2) is 6.74. The third kappa shape index (κ3) is 2.78. The summed E-state index contributed by atoms with van der Waals surface area (Å²) < 4.78 is 35.1. The van der Waals surface area contributed by atoms with Crippen LogP contribution in [0.2, 0.25) is 0 Å². The van der Waals surface area contributed by atoms with Gasteiger partial charge in [-0.15, -0.1) is 0 Å². The van der Waals surface area contributed by atoms with E-state index in [4.69, 9.17) is 4.74 Å². The summed E-state index contributed by atoms with van der Waals surface area (Å²) in [4.78, 5) is 33.9. The van der Waals surface area contributed by atoms with E-state index in [1.165, 1.54) is 4.90 Å². The number of pyridine rings is 2. The lowest BCUT2D eigenvalue weighted by atomic mass is 9.95. The van der Waals surface area contributed by atoms with Gasteiger partial charge in [0.1, 0.15) is 5.65 Å². The molecule has 0 fully saturated rings. The summed E-state index contributed by atoms with van der Waals surface area (Å²) in [7, 11) is 1.61. The molecule has 1 atom stereocenters. The highest BCUT2D eigenvalue weighted by Crippen LogP contribution is 2.34. The maximum Gasteiger partial charge on any atom is 0.256 e. The number of likely N-dealkylation sites (N-methyl/N-ethyl adjacent to an activating group) is 1. The molecule has 0 aliphatic carbocycles. The molecule has 7 nitrogen and oxygen atoms in total. The maximum absolute atomic E-state index is 14.0. The zero-order valence-electron chi connectivity index (χ0n) is 15.9. The van der Waals surface area contributed by atoms with Crippen LogP contribution in [-0.2, 0) is 11.3 Å². The molecule has 1 aliphatic rings. The number of halogens is 2. The molecular weight excluding hydrogens is 394 g/mol. The second-order valence-electron chi connectivity index (χ2n) is 7.22. The number of benzene rings is 1. The van der Waals surface area contributed by atoms with Crippen molar-refractivity contribution in [1.29, 1.82) is 0 Å². The van der Waals surface area contributed by atoms with Crippen molar-refractivity contribution in [3.05, 3.63) is 81.7 Å². The standard InChI is InChI=1S/C21H16F2N4O3/c1-26(21(29)11-2-3-18-24-4-5-27(18)8-11)17-10-30-9-16-19(17)12-6-14(22)15(23)7-13(12)20(28)25-16/h2-8,17H,9-10H2,1H3,(H,25,28)/t17-/m0/s1. The Bertz CT molecular complexity index is 1380. The summed E-state index contributed by atoms with van der Waals surface area (Å²) in [6.45, 7) is 0.266. The van der Waals surface area contributed by atoms with Gasteiger partial charge in [0.2, 0.25) is 0 Å². The zero-order chi connectivity index (χ0) is 21.0. The molecular formula is C21H16F2N4O3. The Morgan fingerprint density at radius 1 is 1.27 bits per heavy atom. The summed E-state index contributed by atoms with van der Waals surface area (Å²) in [5.74, 6) is -2.44. The third-order valence-electron chi connectivity index (χ3n) is 5.46. The number of carbonyl (C=O) groups excluding carboxylic acids is 1. The van der Waals surface area contributed by atoms with Crippen LogP contribution in [0, 0.1) is 11.6 Å². The monoisotopic (exact) mass is 410 g/mol. The summed E-state index contributed by atoms with van der Waals surface area (Å²) in [6, 6.07) is 4.70. The van der Waals surface area contributed by atoms with Crippen molar-refractivity contribution in [3.63, 3.8) is 0 Å². The normalized spacial score (nSPS) is 16.0. The van der Waals surface area contributed by atoms with Gasteiger partial charge in [-0.1, -0.05) is 0 Å². The molecule has 1 N–H and O–H groups in total. The number of hydrogen-bond acceptors (Lipinski definition) is 4. The van der Waals surface area contributed by atoms with Crippen LogP contribution in [0.1, 0.15) is 27.7 Å². The van der Waals surface area contributed by atoms with Crippen molar-refractivity contribution in [2.45, 2.75) is 12.6 Å². The molecule has 0 spiro atoms.